The molecule has 2 aromatic heterocycles. The number of carbonyl (C=O) groups excluding carboxylic acids is 2. The minimum Gasteiger partial charge on any atom is -0.357 e. The number of hydrogen-bond acceptors (Lipinski definition) is 9. The topological polar surface area (TPSA) is 143 Å². The molecule has 0 bridgehead atoms. The highest BCUT2D eigenvalue weighted by molar-refractivity contribution is 5.86. The fraction of sp³-hybridized carbons (Fsp3) is 0.667. The Hall–Kier alpha value is -2.64. The number of hydrogen-bond donors (Lipinski definition) is 4. The summed E-state index contributed by atoms with van der Waals surface area (Å²) in [6.45, 7) is 5.79. The zero-order chi connectivity index (χ0) is 25.8. The van der Waals surface area contributed by atoms with Crippen molar-refractivity contribution in [2.45, 2.75) is 70.4 Å². The number of methoxy groups -OCH3 is 1. The van der Waals surface area contributed by atoms with Gasteiger partial charge in [0.15, 0.2) is 5.65 Å². The molecule has 12 nitrogen and oxygen atoms in total. The van der Waals surface area contributed by atoms with Crippen molar-refractivity contribution in [3.8, 4) is 0 Å². The van der Waals surface area contributed by atoms with Gasteiger partial charge in [-0.25, -0.2) is 9.67 Å². The summed E-state index contributed by atoms with van der Waals surface area (Å²) in [6.07, 6.45) is 0.113. The smallest absolute Gasteiger partial charge is 0.253 e. The van der Waals surface area contributed by atoms with Gasteiger partial charge in [-0.05, 0) is 45.2 Å². The zero-order valence-corrected chi connectivity index (χ0v) is 21.4. The lowest BCUT2D eigenvalue weighted by Crippen LogP contribution is -2.56. The summed E-state index contributed by atoms with van der Waals surface area (Å²) in [5, 5.41) is 24.0. The van der Waals surface area contributed by atoms with Crippen LogP contribution >= 0.6 is 0 Å². The van der Waals surface area contributed by atoms with Crippen LogP contribution in [-0.4, -0.2) is 95.0 Å². The molecule has 4 atom stereocenters. The third kappa shape index (κ3) is 5.84. The van der Waals surface area contributed by atoms with Gasteiger partial charge in [-0.2, -0.15) is 5.10 Å². The first-order chi connectivity index (χ1) is 17.3. The standard InChI is InChI=1S/C24H37N7O5/c1-14-6-9-17-20(29-30(21(17)28-14)11-5-10-27-24(34)35-4)15(2)31(16-7-8-16)23(33)19-13-26-12-18(36-19)22(32)25-3/h6,9,15-16,18-19,24,26-27,34H,5,7-8,10-13H2,1-4H3,(H,25,32)/t15-,18+,19-,24?/m1/s1. The van der Waals surface area contributed by atoms with Crippen LogP contribution in [0.15, 0.2) is 12.1 Å². The highest BCUT2D eigenvalue weighted by Gasteiger charge is 2.42. The molecule has 1 saturated heterocycles. The number of morpholine rings is 1. The second-order valence-electron chi connectivity index (χ2n) is 9.37. The number of aryl methyl sites for hydroxylation is 2. The summed E-state index contributed by atoms with van der Waals surface area (Å²) in [5.41, 5.74) is 2.43. The van der Waals surface area contributed by atoms with Crippen LogP contribution in [0.4, 0.5) is 0 Å². The Balaban J connectivity index is 1.56. The lowest BCUT2D eigenvalue weighted by atomic mass is 10.1. The molecule has 1 aliphatic heterocycles. The Morgan fingerprint density at radius 2 is 2.08 bits per heavy atom. The monoisotopic (exact) mass is 503 g/mol. The SMILES string of the molecule is CNC(=O)[C@@H]1CNC[C@H](C(=O)N(C2CC2)[C@H](C)c2nn(CCCNC(O)OC)c3nc(C)ccc23)O1. The van der Waals surface area contributed by atoms with Crippen LogP contribution in [0.2, 0.25) is 0 Å². The van der Waals surface area contributed by atoms with Crippen LogP contribution in [0.25, 0.3) is 11.0 Å². The average molecular weight is 504 g/mol. The largest absolute Gasteiger partial charge is 0.357 e. The predicted octanol–water partition coefficient (Wildman–Crippen LogP) is -0.203. The number of rotatable bonds is 11. The maximum Gasteiger partial charge on any atom is 0.253 e. The van der Waals surface area contributed by atoms with Crippen LogP contribution < -0.4 is 16.0 Å². The quantitative estimate of drug-likeness (QED) is 0.242. The van der Waals surface area contributed by atoms with Crippen molar-refractivity contribution in [3.05, 3.63) is 23.5 Å². The van der Waals surface area contributed by atoms with Gasteiger partial charge in [0.1, 0.15) is 12.2 Å². The number of pyridine rings is 1. The van der Waals surface area contributed by atoms with Gasteiger partial charge in [0, 0.05) is 57.5 Å². The first-order valence-corrected chi connectivity index (χ1v) is 12.5. The molecule has 2 aliphatic rings. The predicted molar refractivity (Wildman–Crippen MR) is 132 cm³/mol. The minimum absolute atomic E-state index is 0.120. The van der Waals surface area contributed by atoms with Crippen LogP contribution in [0.5, 0.6) is 0 Å². The van der Waals surface area contributed by atoms with Crippen molar-refractivity contribution in [2.75, 3.05) is 33.8 Å². The number of amides is 2. The molecule has 12 heteroatoms. The van der Waals surface area contributed by atoms with Crippen LogP contribution in [-0.2, 0) is 25.6 Å². The van der Waals surface area contributed by atoms with Gasteiger partial charge < -0.3 is 30.1 Å². The van der Waals surface area contributed by atoms with Gasteiger partial charge in [0.05, 0.1) is 11.7 Å². The molecule has 2 fully saturated rings. The molecular weight excluding hydrogens is 466 g/mol. The first-order valence-electron chi connectivity index (χ1n) is 12.5. The van der Waals surface area contributed by atoms with Crippen molar-refractivity contribution < 1.29 is 24.2 Å². The number of aliphatic hydroxyl groups is 1. The number of aliphatic hydroxyl groups excluding tert-OH is 1. The summed E-state index contributed by atoms with van der Waals surface area (Å²) in [6, 6.07) is 3.79. The van der Waals surface area contributed by atoms with E-state index >= 15 is 0 Å². The van der Waals surface area contributed by atoms with E-state index in [1.165, 1.54) is 7.11 Å². The molecule has 0 aromatic carbocycles. The summed E-state index contributed by atoms with van der Waals surface area (Å²) in [7, 11) is 2.99. The van der Waals surface area contributed by atoms with Crippen LogP contribution in [0.1, 0.15) is 43.6 Å². The highest BCUT2D eigenvalue weighted by Crippen LogP contribution is 2.37. The van der Waals surface area contributed by atoms with E-state index < -0.39 is 18.6 Å². The van der Waals surface area contributed by atoms with Crippen molar-refractivity contribution in [1.82, 2.24) is 35.6 Å². The molecule has 4 rings (SSSR count). The first kappa shape index (κ1) is 26.4. The molecule has 2 amide bonds. The fourth-order valence-corrected chi connectivity index (χ4v) is 4.61. The Bertz CT molecular complexity index is 1070. The van der Waals surface area contributed by atoms with Crippen LogP contribution in [0, 0.1) is 6.92 Å². The van der Waals surface area contributed by atoms with Crippen LogP contribution in [0.3, 0.4) is 0 Å². The third-order valence-corrected chi connectivity index (χ3v) is 6.66. The molecule has 4 N–H and O–H groups in total. The molecule has 1 unspecified atom stereocenters. The number of fused-ring (bicyclic) bond motifs is 1. The normalized spacial score (nSPS) is 21.8. The molecule has 3 heterocycles. The van der Waals surface area contributed by atoms with E-state index in [1.54, 1.807) is 7.05 Å². The summed E-state index contributed by atoms with van der Waals surface area (Å²) in [5.74, 6) is -0.378. The van der Waals surface area contributed by atoms with Gasteiger partial charge in [-0.1, -0.05) is 0 Å². The van der Waals surface area contributed by atoms with E-state index in [0.29, 0.717) is 32.6 Å². The Labute approximate surface area is 210 Å². The van der Waals surface area contributed by atoms with Gasteiger partial charge in [0.25, 0.3) is 5.91 Å². The fourth-order valence-electron chi connectivity index (χ4n) is 4.61. The number of nitrogens with one attached hydrogen (secondary N) is 3. The lowest BCUT2D eigenvalue weighted by molar-refractivity contribution is -0.158. The molecule has 0 radical (unpaired) electrons. The second kappa shape index (κ2) is 11.6. The molecule has 36 heavy (non-hydrogen) atoms. The van der Waals surface area contributed by atoms with E-state index in [1.807, 2.05) is 35.6 Å². The maximum atomic E-state index is 13.7. The maximum absolute atomic E-state index is 13.7. The van der Waals surface area contributed by atoms with Crippen molar-refractivity contribution in [3.63, 3.8) is 0 Å². The van der Waals surface area contributed by atoms with Crippen molar-refractivity contribution in [1.29, 1.82) is 0 Å². The van der Waals surface area contributed by atoms with E-state index in [4.69, 9.17) is 19.6 Å². The average Bonchev–Trinajstić information content (AvgIpc) is 3.66. The summed E-state index contributed by atoms with van der Waals surface area (Å²) in [4.78, 5) is 32.4. The summed E-state index contributed by atoms with van der Waals surface area (Å²) >= 11 is 0. The lowest BCUT2D eigenvalue weighted by Gasteiger charge is -2.35. The number of aromatic nitrogens is 3. The van der Waals surface area contributed by atoms with Crippen molar-refractivity contribution in [2.24, 2.45) is 0 Å². The molecule has 0 spiro atoms. The molecule has 1 saturated carbocycles. The zero-order valence-electron chi connectivity index (χ0n) is 21.4. The Morgan fingerprint density at radius 1 is 1.33 bits per heavy atom. The second-order valence-corrected chi connectivity index (χ2v) is 9.37. The minimum atomic E-state index is -1.01. The van der Waals surface area contributed by atoms with E-state index in [-0.39, 0.29) is 23.9 Å². The number of nitrogens with zero attached hydrogens (tertiary/aromatic N) is 4. The summed E-state index contributed by atoms with van der Waals surface area (Å²) < 4.78 is 12.6. The number of ether oxygens (including phenoxy) is 2. The van der Waals surface area contributed by atoms with Crippen molar-refractivity contribution >= 4 is 22.8 Å². The third-order valence-electron chi connectivity index (χ3n) is 6.66. The Morgan fingerprint density at radius 3 is 2.78 bits per heavy atom. The molecule has 2 aromatic rings. The van der Waals surface area contributed by atoms with Gasteiger partial charge in [-0.3, -0.25) is 14.9 Å². The van der Waals surface area contributed by atoms with Gasteiger partial charge in [-0.15, -0.1) is 0 Å². The number of likely N-dealkylation sites (N-methyl/N-ethyl adjacent to an activating group) is 1. The number of carbonyl (C=O) groups is 2. The Kier molecular flexibility index (Phi) is 8.52. The van der Waals surface area contributed by atoms with Gasteiger partial charge in [0.2, 0.25) is 12.3 Å². The molecular formula is C24H37N7O5. The molecule has 198 valence electrons. The van der Waals surface area contributed by atoms with Gasteiger partial charge >= 0.3 is 0 Å². The van der Waals surface area contributed by atoms with E-state index in [9.17, 15) is 14.7 Å². The van der Waals surface area contributed by atoms with E-state index in [2.05, 4.69) is 16.0 Å². The van der Waals surface area contributed by atoms with E-state index in [0.717, 1.165) is 35.3 Å². The highest BCUT2D eigenvalue weighted by atomic mass is 16.6. The molecule has 1 aliphatic carbocycles.